The minimum absolute atomic E-state index is 0.00359. The molecule has 0 spiro atoms. The summed E-state index contributed by atoms with van der Waals surface area (Å²) in [7, 11) is 2.32. The summed E-state index contributed by atoms with van der Waals surface area (Å²) in [5.74, 6) is 3.04. The highest BCUT2D eigenvalue weighted by Gasteiger charge is 2.43. The lowest BCUT2D eigenvalue weighted by Crippen LogP contribution is -2.48. The van der Waals surface area contributed by atoms with Crippen molar-refractivity contribution in [3.05, 3.63) is 0 Å². The zero-order valence-electron chi connectivity index (χ0n) is 14.0. The van der Waals surface area contributed by atoms with Gasteiger partial charge in [0.15, 0.2) is 0 Å². The van der Waals surface area contributed by atoms with Crippen LogP contribution < -0.4 is 5.32 Å². The third-order valence-electron chi connectivity index (χ3n) is 6.67. The molecule has 3 fully saturated rings. The molecular weight excluding hydrogens is 260 g/mol. The molecule has 3 rings (SSSR count). The maximum Gasteiger partial charge on any atom is 0.0613 e. The number of nitrogens with one attached hydrogen (secondary N) is 1. The number of fused-ring (bicyclic) bond motifs is 2. The molecule has 3 aliphatic rings. The summed E-state index contributed by atoms with van der Waals surface area (Å²) < 4.78 is 0. The molecule has 2 N–H and O–H groups in total. The van der Waals surface area contributed by atoms with E-state index in [0.717, 1.165) is 43.6 Å². The quantitative estimate of drug-likeness (QED) is 0.758. The number of hydrogen-bond acceptors (Lipinski definition) is 3. The first-order valence-corrected chi connectivity index (χ1v) is 9.22. The Morgan fingerprint density at radius 2 is 2.10 bits per heavy atom. The van der Waals surface area contributed by atoms with Crippen molar-refractivity contribution in [1.29, 1.82) is 0 Å². The third kappa shape index (κ3) is 3.30. The minimum Gasteiger partial charge on any atom is -0.394 e. The molecular formula is C18H34N2O. The van der Waals surface area contributed by atoms with Gasteiger partial charge < -0.3 is 15.3 Å². The van der Waals surface area contributed by atoms with E-state index in [9.17, 15) is 5.11 Å². The fraction of sp³-hybridized carbons (Fsp3) is 1.00. The lowest BCUT2D eigenvalue weighted by Gasteiger charge is -2.33. The summed E-state index contributed by atoms with van der Waals surface area (Å²) in [6.45, 7) is 4.82. The molecule has 3 nitrogen and oxygen atoms in total. The van der Waals surface area contributed by atoms with E-state index < -0.39 is 0 Å². The van der Waals surface area contributed by atoms with Crippen LogP contribution in [0.5, 0.6) is 0 Å². The van der Waals surface area contributed by atoms with Crippen LogP contribution in [0.15, 0.2) is 0 Å². The van der Waals surface area contributed by atoms with Crippen LogP contribution >= 0.6 is 0 Å². The molecule has 5 atom stereocenters. The van der Waals surface area contributed by atoms with E-state index in [4.69, 9.17) is 0 Å². The maximum absolute atomic E-state index is 9.83. The van der Waals surface area contributed by atoms with Gasteiger partial charge in [-0.25, -0.2) is 0 Å². The van der Waals surface area contributed by atoms with E-state index in [0.29, 0.717) is 12.6 Å². The molecule has 0 amide bonds. The van der Waals surface area contributed by atoms with E-state index >= 15 is 0 Å². The van der Waals surface area contributed by atoms with Crippen molar-refractivity contribution in [2.24, 2.45) is 17.8 Å². The Hall–Kier alpha value is -0.120. The van der Waals surface area contributed by atoms with Crippen molar-refractivity contribution in [3.63, 3.8) is 0 Å². The average Bonchev–Trinajstić information content (AvgIpc) is 3.20. The Labute approximate surface area is 130 Å². The zero-order chi connectivity index (χ0) is 14.9. The van der Waals surface area contributed by atoms with Crippen LogP contribution in [0, 0.1) is 17.8 Å². The molecule has 3 aliphatic carbocycles. The summed E-state index contributed by atoms with van der Waals surface area (Å²) in [6, 6.07) is 0.667. The summed E-state index contributed by atoms with van der Waals surface area (Å²) >= 11 is 0. The molecule has 21 heavy (non-hydrogen) atoms. The first-order chi connectivity index (χ1) is 10.2. The number of nitrogens with zero attached hydrogens (tertiary/aromatic N) is 1. The lowest BCUT2D eigenvalue weighted by molar-refractivity contribution is 0.138. The van der Waals surface area contributed by atoms with Crippen molar-refractivity contribution in [2.45, 2.75) is 69.9 Å². The van der Waals surface area contributed by atoms with Gasteiger partial charge in [-0.1, -0.05) is 13.3 Å². The number of hydrogen-bond donors (Lipinski definition) is 2. The van der Waals surface area contributed by atoms with Gasteiger partial charge in [0.25, 0.3) is 0 Å². The molecule has 0 aliphatic heterocycles. The molecule has 5 unspecified atom stereocenters. The number of rotatable bonds is 7. The van der Waals surface area contributed by atoms with Crippen LogP contribution in [0.25, 0.3) is 0 Å². The second-order valence-corrected chi connectivity index (χ2v) is 8.14. The SMILES string of the molecule is CCCNC1(CO)CCC(N(C)CC2CC3CCC2C3)C1. The topological polar surface area (TPSA) is 35.5 Å². The van der Waals surface area contributed by atoms with Crippen molar-refractivity contribution in [1.82, 2.24) is 10.2 Å². The van der Waals surface area contributed by atoms with E-state index in [1.165, 1.54) is 38.6 Å². The second kappa shape index (κ2) is 6.55. The van der Waals surface area contributed by atoms with Gasteiger partial charge >= 0.3 is 0 Å². The standard InChI is InChI=1S/C18H34N2O/c1-3-8-19-18(13-21)7-6-17(11-18)20(2)12-16-10-14-4-5-15(16)9-14/h14-17,19,21H,3-13H2,1-2H3. The Bertz CT molecular complexity index is 348. The van der Waals surface area contributed by atoms with Gasteiger partial charge in [0.05, 0.1) is 6.61 Å². The van der Waals surface area contributed by atoms with Gasteiger partial charge in [-0.05, 0) is 76.3 Å². The molecule has 3 heteroatoms. The molecule has 0 heterocycles. The minimum atomic E-state index is 0.00359. The summed E-state index contributed by atoms with van der Waals surface area (Å²) in [4.78, 5) is 2.62. The van der Waals surface area contributed by atoms with Gasteiger partial charge in [-0.2, -0.15) is 0 Å². The second-order valence-electron chi connectivity index (χ2n) is 8.14. The Balaban J connectivity index is 1.50. The average molecular weight is 294 g/mol. The van der Waals surface area contributed by atoms with E-state index in [2.05, 4.69) is 24.2 Å². The first kappa shape index (κ1) is 15.8. The fourth-order valence-corrected chi connectivity index (χ4v) is 5.34. The smallest absolute Gasteiger partial charge is 0.0613 e. The summed E-state index contributed by atoms with van der Waals surface area (Å²) in [6.07, 6.45) is 10.6. The molecule has 0 saturated heterocycles. The fourth-order valence-electron chi connectivity index (χ4n) is 5.34. The summed E-state index contributed by atoms with van der Waals surface area (Å²) in [5, 5.41) is 13.5. The van der Waals surface area contributed by atoms with E-state index in [1.54, 1.807) is 0 Å². The normalized spacial score (nSPS) is 42.3. The van der Waals surface area contributed by atoms with Gasteiger partial charge in [-0.3, -0.25) is 0 Å². The van der Waals surface area contributed by atoms with Crippen molar-refractivity contribution in [2.75, 3.05) is 26.7 Å². The van der Waals surface area contributed by atoms with Gasteiger partial charge in [0.1, 0.15) is 0 Å². The van der Waals surface area contributed by atoms with Crippen molar-refractivity contribution in [3.8, 4) is 0 Å². The van der Waals surface area contributed by atoms with E-state index in [1.807, 2.05) is 0 Å². The van der Waals surface area contributed by atoms with Crippen LogP contribution in [-0.4, -0.2) is 48.3 Å². The molecule has 0 aromatic heterocycles. The maximum atomic E-state index is 9.83. The zero-order valence-corrected chi connectivity index (χ0v) is 14.0. The highest BCUT2D eigenvalue weighted by molar-refractivity contribution is 5.00. The monoisotopic (exact) mass is 294 g/mol. The van der Waals surface area contributed by atoms with Crippen LogP contribution in [0.4, 0.5) is 0 Å². The Morgan fingerprint density at radius 1 is 1.24 bits per heavy atom. The number of aliphatic hydroxyl groups is 1. The van der Waals surface area contributed by atoms with Crippen molar-refractivity contribution < 1.29 is 5.11 Å². The van der Waals surface area contributed by atoms with Gasteiger partial charge in [-0.15, -0.1) is 0 Å². The van der Waals surface area contributed by atoms with Crippen LogP contribution in [-0.2, 0) is 0 Å². The summed E-state index contributed by atoms with van der Waals surface area (Å²) in [5.41, 5.74) is 0.00359. The Kier molecular flexibility index (Phi) is 4.92. The molecule has 0 aromatic carbocycles. The highest BCUT2D eigenvalue weighted by atomic mass is 16.3. The molecule has 3 saturated carbocycles. The predicted octanol–water partition coefficient (Wildman–Crippen LogP) is 2.64. The van der Waals surface area contributed by atoms with E-state index in [-0.39, 0.29) is 5.54 Å². The van der Waals surface area contributed by atoms with Crippen LogP contribution in [0.2, 0.25) is 0 Å². The van der Waals surface area contributed by atoms with Gasteiger partial charge in [0.2, 0.25) is 0 Å². The molecule has 122 valence electrons. The predicted molar refractivity (Wildman–Crippen MR) is 87.3 cm³/mol. The molecule has 0 aromatic rings. The first-order valence-electron chi connectivity index (χ1n) is 9.22. The third-order valence-corrected chi connectivity index (χ3v) is 6.67. The molecule has 0 radical (unpaired) electrons. The lowest BCUT2D eigenvalue weighted by atomic mass is 9.88. The van der Waals surface area contributed by atoms with Crippen molar-refractivity contribution >= 4 is 0 Å². The molecule has 2 bridgehead atoms. The van der Waals surface area contributed by atoms with Crippen LogP contribution in [0.1, 0.15) is 58.3 Å². The Morgan fingerprint density at radius 3 is 2.71 bits per heavy atom. The number of aliphatic hydroxyl groups excluding tert-OH is 1. The van der Waals surface area contributed by atoms with Gasteiger partial charge in [0, 0.05) is 18.1 Å². The largest absolute Gasteiger partial charge is 0.394 e. The van der Waals surface area contributed by atoms with Crippen LogP contribution in [0.3, 0.4) is 0 Å². The highest BCUT2D eigenvalue weighted by Crippen LogP contribution is 2.48.